The van der Waals surface area contributed by atoms with Gasteiger partial charge in [0, 0.05) is 37.0 Å². The topological polar surface area (TPSA) is 32.8 Å². The summed E-state index contributed by atoms with van der Waals surface area (Å²) in [5, 5.41) is 0. The minimum atomic E-state index is -0.451. The average Bonchev–Trinajstić information content (AvgIpc) is 3.52. The van der Waals surface area contributed by atoms with Gasteiger partial charge in [0.25, 0.3) is 0 Å². The van der Waals surface area contributed by atoms with E-state index in [9.17, 15) is 4.79 Å². The monoisotopic (exact) mass is 384 g/mol. The lowest BCUT2D eigenvalue weighted by Crippen LogP contribution is -2.44. The van der Waals surface area contributed by atoms with Crippen LogP contribution < -0.4 is 0 Å². The summed E-state index contributed by atoms with van der Waals surface area (Å²) in [6.07, 6.45) is 4.71. The summed E-state index contributed by atoms with van der Waals surface area (Å²) >= 11 is 0. The first-order chi connectivity index (χ1) is 13.2. The third-order valence-corrected chi connectivity index (χ3v) is 6.54. The van der Waals surface area contributed by atoms with E-state index in [-0.39, 0.29) is 17.6 Å². The zero-order valence-corrected chi connectivity index (χ0v) is 18.0. The molecule has 0 spiro atoms. The van der Waals surface area contributed by atoms with Crippen molar-refractivity contribution in [3.05, 3.63) is 35.9 Å². The Morgan fingerprint density at radius 2 is 1.96 bits per heavy atom. The lowest BCUT2D eigenvalue weighted by molar-refractivity contribution is 0.0174. The summed E-state index contributed by atoms with van der Waals surface area (Å²) in [6.45, 7) is 12.6. The molecule has 4 nitrogen and oxygen atoms in total. The Morgan fingerprint density at radius 1 is 1.25 bits per heavy atom. The van der Waals surface area contributed by atoms with Gasteiger partial charge in [0.2, 0.25) is 0 Å². The van der Waals surface area contributed by atoms with Gasteiger partial charge in [-0.15, -0.1) is 0 Å². The molecule has 3 fully saturated rings. The summed E-state index contributed by atoms with van der Waals surface area (Å²) in [6, 6.07) is 10.9. The van der Waals surface area contributed by atoms with E-state index in [2.05, 4.69) is 47.1 Å². The van der Waals surface area contributed by atoms with E-state index < -0.39 is 5.60 Å². The van der Waals surface area contributed by atoms with E-state index >= 15 is 0 Å². The number of ether oxygens (including phenoxy) is 1. The Morgan fingerprint density at radius 3 is 2.54 bits per heavy atom. The Balaban J connectivity index is 1.45. The molecule has 3 aliphatic rings. The van der Waals surface area contributed by atoms with Crippen molar-refractivity contribution in [1.29, 1.82) is 0 Å². The Kier molecular flexibility index (Phi) is 5.20. The largest absolute Gasteiger partial charge is 0.444 e. The second-order valence-electron chi connectivity index (χ2n) is 10.6. The molecule has 1 saturated heterocycles. The van der Waals surface area contributed by atoms with Crippen LogP contribution in [0.1, 0.15) is 64.9 Å². The second kappa shape index (κ2) is 7.37. The molecular formula is C24H36N2O2. The standard InChI is InChI=1S/C24H36N2O2/c1-18-10-13-25(15-18)16-24(11-12-24)17-26(22(27)28-23(2,3)4)21-14-20(21)19-8-6-5-7-9-19/h5-9,18,20-21H,10-17H2,1-4H3/t18?,20?,21-/m0/s1. The van der Waals surface area contributed by atoms with Crippen LogP contribution in [0.25, 0.3) is 0 Å². The van der Waals surface area contributed by atoms with Crippen LogP contribution in [0, 0.1) is 11.3 Å². The quantitative estimate of drug-likeness (QED) is 0.699. The summed E-state index contributed by atoms with van der Waals surface area (Å²) in [4.78, 5) is 17.8. The third kappa shape index (κ3) is 4.71. The molecular weight excluding hydrogens is 348 g/mol. The first-order valence-electron chi connectivity index (χ1n) is 11.0. The molecule has 1 heterocycles. The molecule has 2 saturated carbocycles. The number of benzene rings is 1. The summed E-state index contributed by atoms with van der Waals surface area (Å²) in [5.74, 6) is 1.26. The number of nitrogens with zero attached hydrogens (tertiary/aromatic N) is 2. The fraction of sp³-hybridized carbons (Fsp3) is 0.708. The molecule has 0 bridgehead atoms. The number of rotatable bonds is 6. The molecule has 154 valence electrons. The minimum Gasteiger partial charge on any atom is -0.444 e. The number of hydrogen-bond acceptors (Lipinski definition) is 3. The molecule has 4 rings (SSSR count). The van der Waals surface area contributed by atoms with Crippen molar-refractivity contribution in [3.63, 3.8) is 0 Å². The van der Waals surface area contributed by atoms with Crippen LogP contribution in [0.15, 0.2) is 30.3 Å². The number of carbonyl (C=O) groups is 1. The van der Waals surface area contributed by atoms with Gasteiger partial charge in [0.1, 0.15) is 5.60 Å². The van der Waals surface area contributed by atoms with Crippen LogP contribution in [0.2, 0.25) is 0 Å². The van der Waals surface area contributed by atoms with Crippen molar-refractivity contribution in [1.82, 2.24) is 9.80 Å². The lowest BCUT2D eigenvalue weighted by Gasteiger charge is -2.32. The maximum atomic E-state index is 13.1. The second-order valence-corrected chi connectivity index (χ2v) is 10.6. The zero-order chi connectivity index (χ0) is 19.9. The highest BCUT2D eigenvalue weighted by Crippen LogP contribution is 2.52. The molecule has 2 aliphatic carbocycles. The highest BCUT2D eigenvalue weighted by atomic mass is 16.6. The average molecular weight is 385 g/mol. The first-order valence-corrected chi connectivity index (χ1v) is 11.0. The third-order valence-electron chi connectivity index (χ3n) is 6.54. The summed E-state index contributed by atoms with van der Waals surface area (Å²) in [7, 11) is 0. The van der Waals surface area contributed by atoms with Crippen molar-refractivity contribution in [3.8, 4) is 0 Å². The van der Waals surface area contributed by atoms with Crippen LogP contribution in [0.3, 0.4) is 0 Å². The highest BCUT2D eigenvalue weighted by molar-refractivity contribution is 5.69. The van der Waals surface area contributed by atoms with Gasteiger partial charge in [-0.05, 0) is 64.5 Å². The van der Waals surface area contributed by atoms with Gasteiger partial charge in [-0.3, -0.25) is 0 Å². The van der Waals surface area contributed by atoms with Gasteiger partial charge >= 0.3 is 6.09 Å². The van der Waals surface area contributed by atoms with Crippen molar-refractivity contribution in [2.24, 2.45) is 11.3 Å². The molecule has 4 heteroatoms. The Labute approximate surface area is 170 Å². The van der Waals surface area contributed by atoms with E-state index in [0.717, 1.165) is 25.4 Å². The summed E-state index contributed by atoms with van der Waals surface area (Å²) < 4.78 is 5.82. The first kappa shape index (κ1) is 19.8. The normalized spacial score (nSPS) is 28.8. The molecule has 3 atom stereocenters. The van der Waals surface area contributed by atoms with E-state index in [1.807, 2.05) is 20.8 Å². The van der Waals surface area contributed by atoms with E-state index in [0.29, 0.717) is 5.92 Å². The fourth-order valence-electron chi connectivity index (χ4n) is 4.77. The van der Waals surface area contributed by atoms with Crippen LogP contribution in [0.4, 0.5) is 4.79 Å². The predicted molar refractivity (Wildman–Crippen MR) is 112 cm³/mol. The van der Waals surface area contributed by atoms with E-state index in [4.69, 9.17) is 4.74 Å². The van der Waals surface area contributed by atoms with E-state index in [1.165, 1.54) is 37.9 Å². The molecule has 28 heavy (non-hydrogen) atoms. The molecule has 1 aromatic carbocycles. The summed E-state index contributed by atoms with van der Waals surface area (Å²) in [5.41, 5.74) is 1.18. The molecule has 1 aliphatic heterocycles. The van der Waals surface area contributed by atoms with Crippen molar-refractivity contribution in [2.45, 2.75) is 70.9 Å². The minimum absolute atomic E-state index is 0.128. The van der Waals surface area contributed by atoms with Crippen LogP contribution in [0.5, 0.6) is 0 Å². The highest BCUT2D eigenvalue weighted by Gasteiger charge is 2.52. The number of hydrogen-bond donors (Lipinski definition) is 0. The van der Waals surface area contributed by atoms with Crippen molar-refractivity contribution in [2.75, 3.05) is 26.2 Å². The SMILES string of the molecule is CC1CCN(CC2(CN(C(=O)OC(C)(C)C)[C@H]3CC3c3ccccc3)CC2)C1. The number of amides is 1. The van der Waals surface area contributed by atoms with Crippen molar-refractivity contribution >= 4 is 6.09 Å². The molecule has 1 amide bonds. The molecule has 0 radical (unpaired) electrons. The molecule has 2 unspecified atom stereocenters. The molecule has 1 aromatic rings. The number of carbonyl (C=O) groups excluding carboxylic acids is 1. The Hall–Kier alpha value is -1.55. The lowest BCUT2D eigenvalue weighted by atomic mass is 10.1. The van der Waals surface area contributed by atoms with Gasteiger partial charge in [0.15, 0.2) is 0 Å². The van der Waals surface area contributed by atoms with Gasteiger partial charge in [0.05, 0.1) is 0 Å². The smallest absolute Gasteiger partial charge is 0.410 e. The predicted octanol–water partition coefficient (Wildman–Crippen LogP) is 4.90. The Bertz CT molecular complexity index is 692. The maximum Gasteiger partial charge on any atom is 0.410 e. The van der Waals surface area contributed by atoms with Crippen LogP contribution in [-0.2, 0) is 4.74 Å². The van der Waals surface area contributed by atoms with Gasteiger partial charge in [-0.2, -0.15) is 0 Å². The molecule has 0 aromatic heterocycles. The fourth-order valence-corrected chi connectivity index (χ4v) is 4.77. The van der Waals surface area contributed by atoms with Crippen LogP contribution in [-0.4, -0.2) is 53.7 Å². The van der Waals surface area contributed by atoms with E-state index in [1.54, 1.807) is 0 Å². The van der Waals surface area contributed by atoms with Gasteiger partial charge < -0.3 is 14.5 Å². The zero-order valence-electron chi connectivity index (χ0n) is 18.0. The van der Waals surface area contributed by atoms with Gasteiger partial charge in [-0.1, -0.05) is 37.3 Å². The van der Waals surface area contributed by atoms with Crippen LogP contribution >= 0.6 is 0 Å². The van der Waals surface area contributed by atoms with Gasteiger partial charge in [-0.25, -0.2) is 4.79 Å². The number of likely N-dealkylation sites (tertiary alicyclic amines) is 1. The van der Waals surface area contributed by atoms with Crippen molar-refractivity contribution < 1.29 is 9.53 Å². The molecule has 0 N–H and O–H groups in total. The maximum absolute atomic E-state index is 13.1.